The topological polar surface area (TPSA) is 39.4 Å². The van der Waals surface area contributed by atoms with Gasteiger partial charge in [-0.2, -0.15) is 0 Å². The molecule has 3 rings (SSSR count). The van der Waals surface area contributed by atoms with E-state index in [9.17, 15) is 4.79 Å². The molecule has 0 fully saturated rings. The van der Waals surface area contributed by atoms with E-state index in [1.165, 1.54) is 22.3 Å². The van der Waals surface area contributed by atoms with E-state index in [2.05, 4.69) is 22.9 Å². The first kappa shape index (κ1) is 21.2. The van der Waals surface area contributed by atoms with Gasteiger partial charge in [-0.15, -0.1) is 11.3 Å². The maximum atomic E-state index is 12.4. The Kier molecular flexibility index (Phi) is 7.41. The molecule has 0 atom stereocenters. The van der Waals surface area contributed by atoms with E-state index in [1.807, 2.05) is 6.07 Å². The van der Waals surface area contributed by atoms with Crippen molar-refractivity contribution < 1.29 is 13.9 Å². The smallest absolute Gasteiger partial charge is 0.195 e. The van der Waals surface area contributed by atoms with Gasteiger partial charge >= 0.3 is 0 Å². The summed E-state index contributed by atoms with van der Waals surface area (Å²) >= 11 is 17.1. The van der Waals surface area contributed by atoms with E-state index >= 15 is 0 Å². The largest absolute Gasteiger partial charge is 0.484 e. The number of carbonyl (C=O) groups excluding carboxylic acids is 1. The summed E-state index contributed by atoms with van der Waals surface area (Å²) < 4.78 is 12.3. The molecule has 3 aromatic rings. The van der Waals surface area contributed by atoms with Crippen molar-refractivity contribution in [1.29, 1.82) is 0 Å². The Morgan fingerprint density at radius 2 is 2.11 bits per heavy atom. The van der Waals surface area contributed by atoms with Gasteiger partial charge in [-0.05, 0) is 64.8 Å². The molecule has 0 radical (unpaired) electrons. The van der Waals surface area contributed by atoms with Crippen molar-refractivity contribution in [3.63, 3.8) is 0 Å². The summed E-state index contributed by atoms with van der Waals surface area (Å²) in [5.74, 6) is 1.64. The molecule has 0 aliphatic heterocycles. The molecule has 2 aromatic heterocycles. The number of hydrogen-bond donors (Lipinski definition) is 0. The number of thiophene rings is 1. The lowest BCUT2D eigenvalue weighted by Crippen LogP contribution is -1.94. The number of furan rings is 1. The Labute approximate surface area is 186 Å². The number of hydrogen-bond acceptors (Lipinski definition) is 4. The molecule has 0 unspecified atom stereocenters. The Balaban J connectivity index is 1.61. The van der Waals surface area contributed by atoms with E-state index in [4.69, 9.17) is 32.4 Å². The number of halogens is 3. The Bertz CT molecular complexity index is 1010. The fourth-order valence-electron chi connectivity index (χ4n) is 2.47. The van der Waals surface area contributed by atoms with Crippen molar-refractivity contribution in [2.75, 3.05) is 0 Å². The maximum Gasteiger partial charge on any atom is 0.195 e. The van der Waals surface area contributed by atoms with Gasteiger partial charge in [0.05, 0.1) is 9.90 Å². The molecule has 2 heterocycles. The van der Waals surface area contributed by atoms with Crippen LogP contribution < -0.4 is 4.74 Å². The second kappa shape index (κ2) is 9.79. The van der Waals surface area contributed by atoms with Crippen LogP contribution in [0.4, 0.5) is 0 Å². The molecule has 0 N–H and O–H groups in total. The van der Waals surface area contributed by atoms with E-state index in [0.29, 0.717) is 32.2 Å². The SMILES string of the molecule is CCCc1sc(C(=O)/C=C/c2ccc(COc3cccc(Cl)c3Cl)o2)cc1Br. The van der Waals surface area contributed by atoms with E-state index in [-0.39, 0.29) is 12.4 Å². The lowest BCUT2D eigenvalue weighted by atomic mass is 10.2. The summed E-state index contributed by atoms with van der Waals surface area (Å²) in [6, 6.07) is 10.7. The third-order valence-corrected chi connectivity index (χ3v) is 6.83. The molecule has 7 heteroatoms. The van der Waals surface area contributed by atoms with Crippen LogP contribution in [0, 0.1) is 0 Å². The van der Waals surface area contributed by atoms with Crippen LogP contribution in [0.15, 0.2) is 51.4 Å². The highest BCUT2D eigenvalue weighted by atomic mass is 79.9. The summed E-state index contributed by atoms with van der Waals surface area (Å²) in [4.78, 5) is 14.3. The Hall–Kier alpha value is -1.53. The van der Waals surface area contributed by atoms with Gasteiger partial charge in [-0.1, -0.05) is 42.6 Å². The normalized spacial score (nSPS) is 11.3. The standard InChI is InChI=1S/C21H17BrCl2O3S/c1-2-4-19-15(22)11-20(28-19)17(25)10-9-13-7-8-14(27-13)12-26-18-6-3-5-16(23)21(18)24/h3,5-11H,2,4,12H2,1H3/b10-9+. The fraction of sp³-hybridized carbons (Fsp3) is 0.190. The molecular weight excluding hydrogens is 483 g/mol. The second-order valence-corrected chi connectivity index (χ2v) is 8.75. The molecule has 0 aliphatic carbocycles. The van der Waals surface area contributed by atoms with Crippen LogP contribution in [0.2, 0.25) is 10.0 Å². The molecule has 0 aliphatic rings. The van der Waals surface area contributed by atoms with Gasteiger partial charge in [0, 0.05) is 9.35 Å². The van der Waals surface area contributed by atoms with Gasteiger partial charge in [0.25, 0.3) is 0 Å². The zero-order valence-electron chi connectivity index (χ0n) is 15.0. The van der Waals surface area contributed by atoms with Crippen molar-refractivity contribution in [3.05, 3.63) is 78.3 Å². The van der Waals surface area contributed by atoms with Gasteiger partial charge in [-0.3, -0.25) is 4.79 Å². The predicted octanol–water partition coefficient (Wildman–Crippen LogP) is 7.84. The van der Waals surface area contributed by atoms with Gasteiger partial charge in [0.2, 0.25) is 0 Å². The molecule has 28 heavy (non-hydrogen) atoms. The number of benzene rings is 1. The van der Waals surface area contributed by atoms with Gasteiger partial charge < -0.3 is 9.15 Å². The van der Waals surface area contributed by atoms with E-state index < -0.39 is 0 Å². The lowest BCUT2D eigenvalue weighted by Gasteiger charge is -2.06. The van der Waals surface area contributed by atoms with Crippen molar-refractivity contribution >= 4 is 62.3 Å². The molecule has 0 bridgehead atoms. The van der Waals surface area contributed by atoms with Crippen LogP contribution >= 0.6 is 50.5 Å². The van der Waals surface area contributed by atoms with Crippen LogP contribution in [0.25, 0.3) is 6.08 Å². The van der Waals surface area contributed by atoms with Crippen LogP contribution in [0.3, 0.4) is 0 Å². The third-order valence-electron chi connectivity index (χ3n) is 3.84. The summed E-state index contributed by atoms with van der Waals surface area (Å²) in [7, 11) is 0. The monoisotopic (exact) mass is 498 g/mol. The third kappa shape index (κ3) is 5.29. The van der Waals surface area contributed by atoms with Crippen LogP contribution in [0.1, 0.15) is 39.4 Å². The molecule has 146 valence electrons. The molecule has 1 aromatic carbocycles. The first-order chi connectivity index (χ1) is 13.5. The number of ether oxygens (including phenoxy) is 1. The van der Waals surface area contributed by atoms with Gasteiger partial charge in [0.1, 0.15) is 28.9 Å². The predicted molar refractivity (Wildman–Crippen MR) is 119 cm³/mol. The summed E-state index contributed by atoms with van der Waals surface area (Å²) in [5.41, 5.74) is 0. The first-order valence-electron chi connectivity index (χ1n) is 8.64. The number of aryl methyl sites for hydroxylation is 1. The number of rotatable bonds is 8. The molecule has 0 saturated heterocycles. The van der Waals surface area contributed by atoms with Crippen LogP contribution in [-0.2, 0) is 13.0 Å². The van der Waals surface area contributed by atoms with Crippen molar-refractivity contribution in [2.24, 2.45) is 0 Å². The average Bonchev–Trinajstić information content (AvgIpc) is 3.28. The summed E-state index contributed by atoms with van der Waals surface area (Å²) in [6.45, 7) is 2.33. The highest BCUT2D eigenvalue weighted by Gasteiger charge is 2.11. The Morgan fingerprint density at radius 3 is 2.89 bits per heavy atom. The van der Waals surface area contributed by atoms with Crippen molar-refractivity contribution in [1.82, 2.24) is 0 Å². The van der Waals surface area contributed by atoms with Gasteiger partial charge in [-0.25, -0.2) is 0 Å². The minimum Gasteiger partial charge on any atom is -0.484 e. The average molecular weight is 500 g/mol. The summed E-state index contributed by atoms with van der Waals surface area (Å²) in [6.07, 6.45) is 5.18. The summed E-state index contributed by atoms with van der Waals surface area (Å²) in [5, 5.41) is 0.800. The van der Waals surface area contributed by atoms with E-state index in [1.54, 1.807) is 36.4 Å². The molecule has 0 saturated carbocycles. The molecule has 0 amide bonds. The minimum atomic E-state index is -0.0482. The van der Waals surface area contributed by atoms with Crippen LogP contribution in [-0.4, -0.2) is 5.78 Å². The number of carbonyl (C=O) groups is 1. The lowest BCUT2D eigenvalue weighted by molar-refractivity contribution is 0.105. The second-order valence-electron chi connectivity index (χ2n) is 5.97. The van der Waals surface area contributed by atoms with E-state index in [0.717, 1.165) is 17.3 Å². The fourth-order valence-corrected chi connectivity index (χ4v) is 4.71. The maximum absolute atomic E-state index is 12.4. The molecule has 3 nitrogen and oxygen atoms in total. The molecular formula is C21H17BrCl2O3S. The highest BCUT2D eigenvalue weighted by Crippen LogP contribution is 2.32. The quantitative estimate of drug-likeness (QED) is 0.234. The van der Waals surface area contributed by atoms with Crippen LogP contribution in [0.5, 0.6) is 5.75 Å². The molecule has 0 spiro atoms. The minimum absolute atomic E-state index is 0.0482. The number of ketones is 1. The van der Waals surface area contributed by atoms with Crippen molar-refractivity contribution in [3.8, 4) is 5.75 Å². The number of allylic oxidation sites excluding steroid dienone is 1. The zero-order valence-corrected chi connectivity index (χ0v) is 18.9. The van der Waals surface area contributed by atoms with Gasteiger partial charge in [0.15, 0.2) is 5.78 Å². The zero-order chi connectivity index (χ0) is 20.1. The highest BCUT2D eigenvalue weighted by molar-refractivity contribution is 9.10. The Morgan fingerprint density at radius 1 is 1.29 bits per heavy atom. The van der Waals surface area contributed by atoms with Crippen molar-refractivity contribution in [2.45, 2.75) is 26.4 Å². The first-order valence-corrected chi connectivity index (χ1v) is 11.0.